The van der Waals surface area contributed by atoms with Gasteiger partial charge >= 0.3 is 0 Å². The minimum Gasteiger partial charge on any atom is -0.328 e. The minimum absolute atomic E-state index is 0.0966. The topological polar surface area (TPSA) is 52.7 Å². The molecule has 1 rings (SSSR count). The molecule has 32 heavy (non-hydrogen) atoms. The Morgan fingerprint density at radius 3 is 1.91 bits per heavy atom. The van der Waals surface area contributed by atoms with Gasteiger partial charge in [0.15, 0.2) is 0 Å². The maximum Gasteiger partial charge on any atom is 0.234 e. The Labute approximate surface area is 199 Å². The standard InChI is InChI=1S/C27H53N3O2/c1-4-5-6-7-8-9-10-11-12-13-14-15-16-17-19-26(31)28-30(23-21-25(2)3)24-29-22-18-20-27(29)32/h25H,4-24H2,1-3H3,(H,28,31). The highest BCUT2D eigenvalue weighted by atomic mass is 16.2. The van der Waals surface area contributed by atoms with Crippen molar-refractivity contribution >= 4 is 11.8 Å². The monoisotopic (exact) mass is 451 g/mol. The van der Waals surface area contributed by atoms with Gasteiger partial charge < -0.3 is 4.90 Å². The van der Waals surface area contributed by atoms with Crippen LogP contribution in [0.3, 0.4) is 0 Å². The molecule has 5 nitrogen and oxygen atoms in total. The number of rotatable bonds is 21. The molecule has 0 radical (unpaired) electrons. The summed E-state index contributed by atoms with van der Waals surface area (Å²) in [5.74, 6) is 0.884. The minimum atomic E-state index is 0.0966. The van der Waals surface area contributed by atoms with Crippen molar-refractivity contribution in [1.29, 1.82) is 0 Å². The molecule has 1 saturated heterocycles. The van der Waals surface area contributed by atoms with Gasteiger partial charge in [0.1, 0.15) is 0 Å². The number of carbonyl (C=O) groups is 2. The van der Waals surface area contributed by atoms with Gasteiger partial charge in [0, 0.05) is 25.9 Å². The number of hydrogen-bond donors (Lipinski definition) is 1. The summed E-state index contributed by atoms with van der Waals surface area (Å²) in [6, 6.07) is 0. The van der Waals surface area contributed by atoms with Crippen molar-refractivity contribution in [3.8, 4) is 0 Å². The normalized spacial score (nSPS) is 14.2. The fourth-order valence-electron chi connectivity index (χ4n) is 4.35. The van der Waals surface area contributed by atoms with E-state index in [-0.39, 0.29) is 11.8 Å². The van der Waals surface area contributed by atoms with Gasteiger partial charge in [0.25, 0.3) is 0 Å². The Hall–Kier alpha value is -1.10. The van der Waals surface area contributed by atoms with E-state index in [0.29, 0.717) is 25.4 Å². The lowest BCUT2D eigenvalue weighted by atomic mass is 10.0. The van der Waals surface area contributed by atoms with Crippen LogP contribution in [0.2, 0.25) is 0 Å². The van der Waals surface area contributed by atoms with E-state index in [4.69, 9.17) is 0 Å². The molecule has 1 aliphatic heterocycles. The highest BCUT2D eigenvalue weighted by molar-refractivity contribution is 5.78. The fourth-order valence-corrected chi connectivity index (χ4v) is 4.35. The van der Waals surface area contributed by atoms with Crippen LogP contribution in [0.25, 0.3) is 0 Å². The van der Waals surface area contributed by atoms with Crippen LogP contribution < -0.4 is 5.43 Å². The van der Waals surface area contributed by atoms with E-state index in [1.807, 2.05) is 9.91 Å². The van der Waals surface area contributed by atoms with Crippen molar-refractivity contribution in [2.75, 3.05) is 19.8 Å². The lowest BCUT2D eigenvalue weighted by Gasteiger charge is -2.28. The van der Waals surface area contributed by atoms with E-state index in [9.17, 15) is 9.59 Å². The van der Waals surface area contributed by atoms with Gasteiger partial charge in [0.05, 0.1) is 6.67 Å². The molecule has 0 aromatic heterocycles. The molecule has 1 N–H and O–H groups in total. The first kappa shape index (κ1) is 28.9. The van der Waals surface area contributed by atoms with Crippen LogP contribution in [0.1, 0.15) is 136 Å². The molecule has 0 aromatic rings. The van der Waals surface area contributed by atoms with E-state index in [1.54, 1.807) is 0 Å². The predicted octanol–water partition coefficient (Wildman–Crippen LogP) is 6.82. The first-order chi connectivity index (χ1) is 15.5. The van der Waals surface area contributed by atoms with Gasteiger partial charge in [-0.2, -0.15) is 0 Å². The van der Waals surface area contributed by atoms with Crippen LogP contribution in [0.4, 0.5) is 0 Å². The van der Waals surface area contributed by atoms with Crippen LogP contribution >= 0.6 is 0 Å². The van der Waals surface area contributed by atoms with Crippen molar-refractivity contribution in [3.63, 3.8) is 0 Å². The first-order valence-corrected chi connectivity index (χ1v) is 13.8. The maximum atomic E-state index is 12.4. The van der Waals surface area contributed by atoms with E-state index < -0.39 is 0 Å². The second-order valence-electron chi connectivity index (χ2n) is 10.2. The SMILES string of the molecule is CCCCCCCCCCCCCCCCC(=O)NN(CCC(C)C)CN1CCCC1=O. The Balaban J connectivity index is 2.02. The van der Waals surface area contributed by atoms with Gasteiger partial charge in [-0.05, 0) is 25.2 Å². The predicted molar refractivity (Wildman–Crippen MR) is 135 cm³/mol. The lowest BCUT2D eigenvalue weighted by Crippen LogP contribution is -2.49. The summed E-state index contributed by atoms with van der Waals surface area (Å²) in [4.78, 5) is 26.2. The van der Waals surface area contributed by atoms with Crippen LogP contribution in [0.5, 0.6) is 0 Å². The van der Waals surface area contributed by atoms with Gasteiger partial charge in [-0.15, -0.1) is 0 Å². The third kappa shape index (κ3) is 15.7. The molecular weight excluding hydrogens is 398 g/mol. The molecule has 1 fully saturated rings. The largest absolute Gasteiger partial charge is 0.328 e. The van der Waals surface area contributed by atoms with E-state index in [2.05, 4.69) is 26.2 Å². The first-order valence-electron chi connectivity index (χ1n) is 13.8. The average molecular weight is 452 g/mol. The zero-order valence-electron chi connectivity index (χ0n) is 21.6. The Bertz CT molecular complexity index is 482. The second-order valence-corrected chi connectivity index (χ2v) is 10.2. The molecule has 0 unspecified atom stereocenters. The van der Waals surface area contributed by atoms with Crippen LogP contribution in [0, 0.1) is 5.92 Å². The molecule has 1 aliphatic rings. The smallest absolute Gasteiger partial charge is 0.234 e. The number of likely N-dealkylation sites (tertiary alicyclic amines) is 1. The number of hydrazine groups is 1. The summed E-state index contributed by atoms with van der Waals surface area (Å²) < 4.78 is 0. The highest BCUT2D eigenvalue weighted by Crippen LogP contribution is 2.14. The van der Waals surface area contributed by atoms with Gasteiger partial charge in [-0.1, -0.05) is 104 Å². The fraction of sp³-hybridized carbons (Fsp3) is 0.926. The van der Waals surface area contributed by atoms with Crippen molar-refractivity contribution in [3.05, 3.63) is 0 Å². The number of hydrogen-bond acceptors (Lipinski definition) is 3. The molecule has 0 bridgehead atoms. The molecular formula is C27H53N3O2. The number of unbranched alkanes of at least 4 members (excludes halogenated alkanes) is 13. The Kier molecular flexibility index (Phi) is 17.5. The Morgan fingerprint density at radius 2 is 1.44 bits per heavy atom. The molecule has 2 amide bonds. The van der Waals surface area contributed by atoms with Crippen molar-refractivity contribution in [2.45, 2.75) is 136 Å². The molecule has 1 heterocycles. The lowest BCUT2D eigenvalue weighted by molar-refractivity contribution is -0.134. The van der Waals surface area contributed by atoms with Crippen LogP contribution in [-0.4, -0.2) is 41.5 Å². The molecule has 0 spiro atoms. The zero-order chi connectivity index (χ0) is 23.4. The molecule has 0 aromatic carbocycles. The summed E-state index contributed by atoms with van der Waals surface area (Å²) in [6.45, 7) is 8.79. The van der Waals surface area contributed by atoms with Crippen molar-refractivity contribution in [2.24, 2.45) is 5.92 Å². The summed E-state index contributed by atoms with van der Waals surface area (Å²) in [5, 5.41) is 1.95. The van der Waals surface area contributed by atoms with Gasteiger partial charge in [0.2, 0.25) is 11.8 Å². The van der Waals surface area contributed by atoms with Gasteiger partial charge in [-0.3, -0.25) is 15.0 Å². The van der Waals surface area contributed by atoms with Gasteiger partial charge in [-0.25, -0.2) is 5.01 Å². The summed E-state index contributed by atoms with van der Waals surface area (Å²) in [7, 11) is 0. The summed E-state index contributed by atoms with van der Waals surface area (Å²) in [5.41, 5.74) is 3.07. The number of nitrogens with zero attached hydrogens (tertiary/aromatic N) is 2. The number of carbonyl (C=O) groups excluding carboxylic acids is 2. The molecule has 0 saturated carbocycles. The third-order valence-electron chi connectivity index (χ3n) is 6.53. The maximum absolute atomic E-state index is 12.4. The number of amides is 2. The van der Waals surface area contributed by atoms with E-state index >= 15 is 0 Å². The highest BCUT2D eigenvalue weighted by Gasteiger charge is 2.23. The average Bonchev–Trinajstić information content (AvgIpc) is 3.16. The Morgan fingerprint density at radius 1 is 0.906 bits per heavy atom. The van der Waals surface area contributed by atoms with Crippen LogP contribution in [0.15, 0.2) is 0 Å². The number of nitrogens with one attached hydrogen (secondary N) is 1. The summed E-state index contributed by atoms with van der Waals surface area (Å²) in [6.07, 6.45) is 21.8. The van der Waals surface area contributed by atoms with Crippen molar-refractivity contribution < 1.29 is 9.59 Å². The third-order valence-corrected chi connectivity index (χ3v) is 6.53. The van der Waals surface area contributed by atoms with Crippen LogP contribution in [-0.2, 0) is 9.59 Å². The van der Waals surface area contributed by atoms with Crippen molar-refractivity contribution in [1.82, 2.24) is 15.3 Å². The molecule has 188 valence electrons. The zero-order valence-corrected chi connectivity index (χ0v) is 21.6. The molecule has 0 atom stereocenters. The summed E-state index contributed by atoms with van der Waals surface area (Å²) >= 11 is 0. The molecule has 5 heteroatoms. The quantitative estimate of drug-likeness (QED) is 0.154. The molecule has 0 aliphatic carbocycles. The van der Waals surface area contributed by atoms with E-state index in [1.165, 1.54) is 77.0 Å². The van der Waals surface area contributed by atoms with E-state index in [0.717, 1.165) is 38.8 Å². The second kappa shape index (κ2) is 19.4.